The van der Waals surface area contributed by atoms with E-state index in [1.165, 1.54) is 0 Å². The van der Waals surface area contributed by atoms with E-state index in [0.29, 0.717) is 24.6 Å². The van der Waals surface area contributed by atoms with Crippen LogP contribution in [0.4, 0.5) is 16.3 Å². The van der Waals surface area contributed by atoms with Gasteiger partial charge in [0.1, 0.15) is 5.60 Å². The van der Waals surface area contributed by atoms with Gasteiger partial charge in [0.05, 0.1) is 5.69 Å². The van der Waals surface area contributed by atoms with E-state index in [1.807, 2.05) is 20.8 Å². The van der Waals surface area contributed by atoms with Crippen molar-refractivity contribution < 1.29 is 9.53 Å². The molecule has 0 aromatic carbocycles. The lowest BCUT2D eigenvalue weighted by atomic mass is 10.2. The average molecular weight is 255 g/mol. The predicted molar refractivity (Wildman–Crippen MR) is 70.3 cm³/mol. The smallest absolute Gasteiger partial charge is 0.407 e. The van der Waals surface area contributed by atoms with Crippen LogP contribution in [0.3, 0.4) is 0 Å². The molecule has 7 nitrogen and oxygen atoms in total. The molecule has 4 N–H and O–H groups in total. The molecular weight excluding hydrogens is 234 g/mol. The van der Waals surface area contributed by atoms with Crippen molar-refractivity contribution in [2.75, 3.05) is 24.1 Å². The van der Waals surface area contributed by atoms with Crippen molar-refractivity contribution in [3.05, 3.63) is 6.20 Å². The summed E-state index contributed by atoms with van der Waals surface area (Å²) in [5.74, 6) is 0.614. The van der Waals surface area contributed by atoms with E-state index in [9.17, 15) is 4.79 Å². The van der Waals surface area contributed by atoms with Gasteiger partial charge < -0.3 is 21.1 Å². The van der Waals surface area contributed by atoms with Gasteiger partial charge in [0, 0.05) is 26.3 Å². The van der Waals surface area contributed by atoms with Crippen molar-refractivity contribution in [2.24, 2.45) is 7.05 Å². The summed E-state index contributed by atoms with van der Waals surface area (Å²) in [5, 5.41) is 9.78. The number of amides is 1. The highest BCUT2D eigenvalue weighted by Gasteiger charge is 2.15. The first-order valence-electron chi connectivity index (χ1n) is 5.78. The molecule has 0 unspecified atom stereocenters. The number of nitrogens with one attached hydrogen (secondary N) is 2. The van der Waals surface area contributed by atoms with Crippen LogP contribution in [0.25, 0.3) is 0 Å². The number of nitrogens with two attached hydrogens (primary N) is 1. The minimum absolute atomic E-state index is 0.432. The van der Waals surface area contributed by atoms with Gasteiger partial charge in [0.25, 0.3) is 0 Å². The van der Waals surface area contributed by atoms with Gasteiger partial charge in [-0.3, -0.25) is 4.68 Å². The molecule has 0 bridgehead atoms. The molecule has 0 spiro atoms. The maximum absolute atomic E-state index is 11.3. The maximum Gasteiger partial charge on any atom is 0.407 e. The van der Waals surface area contributed by atoms with Crippen molar-refractivity contribution >= 4 is 17.6 Å². The molecule has 102 valence electrons. The number of nitrogens with zero attached hydrogens (tertiary/aromatic N) is 2. The van der Waals surface area contributed by atoms with Crippen molar-refractivity contribution in [3.63, 3.8) is 0 Å². The zero-order valence-electron chi connectivity index (χ0n) is 11.3. The van der Waals surface area contributed by atoms with E-state index >= 15 is 0 Å². The number of rotatable bonds is 4. The highest BCUT2D eigenvalue weighted by atomic mass is 16.6. The van der Waals surface area contributed by atoms with E-state index in [2.05, 4.69) is 15.7 Å². The van der Waals surface area contributed by atoms with Gasteiger partial charge in [-0.05, 0) is 20.8 Å². The standard InChI is InChI=1S/C11H21N5O2/c1-11(2,3)18-10(17)14-6-5-13-9-8(12)7-16(4)15-9/h7H,5-6,12H2,1-4H3,(H,13,15)(H,14,17). The molecule has 1 heterocycles. The fraction of sp³-hybridized carbons (Fsp3) is 0.636. The number of aryl methyl sites for hydroxylation is 1. The Hall–Kier alpha value is -1.92. The fourth-order valence-corrected chi connectivity index (χ4v) is 1.30. The lowest BCUT2D eigenvalue weighted by molar-refractivity contribution is 0.0530. The van der Waals surface area contributed by atoms with Gasteiger partial charge >= 0.3 is 6.09 Å². The number of nitrogen functional groups attached to an aromatic ring is 1. The van der Waals surface area contributed by atoms with Crippen LogP contribution in [-0.4, -0.2) is 34.6 Å². The topological polar surface area (TPSA) is 94.2 Å². The molecule has 1 aromatic heterocycles. The normalized spacial score (nSPS) is 11.1. The van der Waals surface area contributed by atoms with Crippen molar-refractivity contribution in [1.29, 1.82) is 0 Å². The first-order chi connectivity index (χ1) is 8.28. The van der Waals surface area contributed by atoms with Crippen LogP contribution in [0, 0.1) is 0 Å². The first-order valence-corrected chi connectivity index (χ1v) is 5.78. The van der Waals surface area contributed by atoms with Crippen LogP contribution in [0.15, 0.2) is 6.20 Å². The third-order valence-corrected chi connectivity index (χ3v) is 1.94. The van der Waals surface area contributed by atoms with E-state index in [1.54, 1.807) is 17.9 Å². The molecule has 0 radical (unpaired) electrons. The highest BCUT2D eigenvalue weighted by molar-refractivity contribution is 5.67. The Bertz CT molecular complexity index is 408. The Balaban J connectivity index is 2.23. The Morgan fingerprint density at radius 2 is 2.17 bits per heavy atom. The Morgan fingerprint density at radius 3 is 2.67 bits per heavy atom. The number of aromatic nitrogens is 2. The number of hydrogen-bond donors (Lipinski definition) is 3. The zero-order chi connectivity index (χ0) is 13.8. The predicted octanol–water partition coefficient (Wildman–Crippen LogP) is 0.939. The third-order valence-electron chi connectivity index (χ3n) is 1.94. The molecule has 0 saturated carbocycles. The summed E-state index contributed by atoms with van der Waals surface area (Å²) < 4.78 is 6.72. The van der Waals surface area contributed by atoms with Gasteiger partial charge in [-0.2, -0.15) is 5.10 Å². The second-order valence-electron chi connectivity index (χ2n) is 4.96. The van der Waals surface area contributed by atoms with Crippen LogP contribution in [0.2, 0.25) is 0 Å². The van der Waals surface area contributed by atoms with Crippen LogP contribution >= 0.6 is 0 Å². The monoisotopic (exact) mass is 255 g/mol. The van der Waals surface area contributed by atoms with Crippen LogP contribution < -0.4 is 16.4 Å². The van der Waals surface area contributed by atoms with Crippen molar-refractivity contribution in [3.8, 4) is 0 Å². The van der Waals surface area contributed by atoms with E-state index < -0.39 is 11.7 Å². The third kappa shape index (κ3) is 4.94. The zero-order valence-corrected chi connectivity index (χ0v) is 11.3. The Labute approximate surface area is 107 Å². The Kier molecular flexibility index (Phi) is 4.41. The molecule has 0 atom stereocenters. The molecular formula is C11H21N5O2. The number of ether oxygens (including phenoxy) is 1. The quantitative estimate of drug-likeness (QED) is 0.696. The summed E-state index contributed by atoms with van der Waals surface area (Å²) in [6, 6.07) is 0. The number of anilines is 2. The number of carbonyl (C=O) groups excluding carboxylic acids is 1. The van der Waals surface area contributed by atoms with Gasteiger partial charge in [0.2, 0.25) is 0 Å². The first kappa shape index (κ1) is 14.1. The molecule has 0 saturated heterocycles. The van der Waals surface area contributed by atoms with E-state index in [-0.39, 0.29) is 0 Å². The number of alkyl carbamates (subject to hydrolysis) is 1. The molecule has 0 aliphatic carbocycles. The largest absolute Gasteiger partial charge is 0.444 e. The summed E-state index contributed by atoms with van der Waals surface area (Å²) in [7, 11) is 1.79. The molecule has 1 aromatic rings. The summed E-state index contributed by atoms with van der Waals surface area (Å²) in [5.41, 5.74) is 5.80. The maximum atomic E-state index is 11.3. The average Bonchev–Trinajstić information content (AvgIpc) is 2.49. The van der Waals surface area contributed by atoms with Gasteiger partial charge in [-0.25, -0.2) is 4.79 Å². The second-order valence-corrected chi connectivity index (χ2v) is 4.96. The van der Waals surface area contributed by atoms with Crippen LogP contribution in [0.1, 0.15) is 20.8 Å². The highest BCUT2D eigenvalue weighted by Crippen LogP contribution is 2.13. The minimum Gasteiger partial charge on any atom is -0.444 e. The molecule has 1 amide bonds. The Morgan fingerprint density at radius 1 is 1.50 bits per heavy atom. The molecule has 1 rings (SSSR count). The van der Waals surface area contributed by atoms with E-state index in [0.717, 1.165) is 0 Å². The lowest BCUT2D eigenvalue weighted by Gasteiger charge is -2.19. The van der Waals surface area contributed by atoms with Gasteiger partial charge in [-0.15, -0.1) is 0 Å². The molecule has 0 aliphatic rings. The summed E-state index contributed by atoms with van der Waals surface area (Å²) in [4.78, 5) is 11.3. The van der Waals surface area contributed by atoms with Gasteiger partial charge in [0.15, 0.2) is 5.82 Å². The number of hydrogen-bond acceptors (Lipinski definition) is 5. The fourth-order valence-electron chi connectivity index (χ4n) is 1.30. The van der Waals surface area contributed by atoms with Crippen LogP contribution in [0.5, 0.6) is 0 Å². The molecule has 0 fully saturated rings. The van der Waals surface area contributed by atoms with Crippen LogP contribution in [-0.2, 0) is 11.8 Å². The summed E-state index contributed by atoms with van der Waals surface area (Å²) >= 11 is 0. The SMILES string of the molecule is Cn1cc(N)c(NCCNC(=O)OC(C)(C)C)n1. The summed E-state index contributed by atoms with van der Waals surface area (Å²) in [6.07, 6.45) is 1.28. The summed E-state index contributed by atoms with van der Waals surface area (Å²) in [6.45, 7) is 6.42. The molecule has 0 aliphatic heterocycles. The lowest BCUT2D eigenvalue weighted by Crippen LogP contribution is -2.35. The second kappa shape index (κ2) is 5.61. The minimum atomic E-state index is -0.483. The number of carbonyl (C=O) groups is 1. The van der Waals surface area contributed by atoms with Crippen molar-refractivity contribution in [1.82, 2.24) is 15.1 Å². The molecule has 7 heteroatoms. The van der Waals surface area contributed by atoms with Gasteiger partial charge in [-0.1, -0.05) is 0 Å². The van der Waals surface area contributed by atoms with E-state index in [4.69, 9.17) is 10.5 Å². The molecule has 18 heavy (non-hydrogen) atoms. The van der Waals surface area contributed by atoms with Crippen molar-refractivity contribution in [2.45, 2.75) is 26.4 Å².